The van der Waals surface area contributed by atoms with E-state index in [0.717, 1.165) is 0 Å². The minimum atomic E-state index is -4.54. The van der Waals surface area contributed by atoms with Crippen LogP contribution in [0.25, 0.3) is 10.8 Å². The van der Waals surface area contributed by atoms with Crippen LogP contribution in [0.4, 0.5) is 10.4 Å². The predicted octanol–water partition coefficient (Wildman–Crippen LogP) is 2.10. The van der Waals surface area contributed by atoms with Crippen molar-refractivity contribution in [3.8, 4) is 0 Å². The highest BCUT2D eigenvalue weighted by molar-refractivity contribution is 7.86. The highest BCUT2D eigenvalue weighted by atomic mass is 32.2. The first-order valence-electron chi connectivity index (χ1n) is 8.57. The fourth-order valence-corrected chi connectivity index (χ4v) is 3.33. The van der Waals surface area contributed by atoms with E-state index in [2.05, 4.69) is 5.32 Å². The van der Waals surface area contributed by atoms with Crippen LogP contribution in [-0.2, 0) is 34.0 Å². The number of amides is 1. The van der Waals surface area contributed by atoms with E-state index < -0.39 is 46.4 Å². The summed E-state index contributed by atoms with van der Waals surface area (Å²) in [5.74, 6) is -2.01. The van der Waals surface area contributed by atoms with Crippen LogP contribution in [0.15, 0.2) is 41.3 Å². The van der Waals surface area contributed by atoms with Gasteiger partial charge in [-0.25, -0.2) is 4.79 Å². The van der Waals surface area contributed by atoms with E-state index in [0.29, 0.717) is 5.39 Å². The quantitative estimate of drug-likeness (QED) is 0.468. The van der Waals surface area contributed by atoms with E-state index in [4.69, 9.17) is 9.47 Å². The van der Waals surface area contributed by atoms with Crippen LogP contribution < -0.4 is 5.32 Å². The van der Waals surface area contributed by atoms with Gasteiger partial charge in [-0.05, 0) is 31.4 Å². The van der Waals surface area contributed by atoms with Crippen molar-refractivity contribution in [3.05, 3.63) is 36.4 Å². The molecule has 0 radical (unpaired) electrons. The summed E-state index contributed by atoms with van der Waals surface area (Å²) in [5.41, 5.74) is 0.125. The largest absolute Gasteiger partial charge is 0.452 e. The van der Waals surface area contributed by atoms with Crippen molar-refractivity contribution in [2.24, 2.45) is 0 Å². The smallest absolute Gasteiger partial charge is 0.335 e. The molecule has 0 aromatic heterocycles. The highest BCUT2D eigenvalue weighted by Crippen LogP contribution is 2.30. The zero-order chi connectivity index (χ0) is 21.8. The summed E-state index contributed by atoms with van der Waals surface area (Å²) in [6.45, 7) is 2.61. The highest BCUT2D eigenvalue weighted by Gasteiger charge is 2.26. The summed E-state index contributed by atoms with van der Waals surface area (Å²) < 4.78 is 42.7. The molecule has 1 amide bonds. The maximum absolute atomic E-state index is 12.5. The fourth-order valence-electron chi connectivity index (χ4n) is 2.60. The van der Waals surface area contributed by atoms with E-state index in [1.165, 1.54) is 39.2 Å². The van der Waals surface area contributed by atoms with Gasteiger partial charge in [-0.2, -0.15) is 8.42 Å². The van der Waals surface area contributed by atoms with Crippen LogP contribution in [0.2, 0.25) is 0 Å². The number of esters is 1. The molecule has 2 aromatic carbocycles. The number of hydrogen-bond acceptors (Lipinski definition) is 7. The molecule has 2 unspecified atom stereocenters. The molecule has 0 spiro atoms. The monoisotopic (exact) mass is 443 g/mol. The zero-order valence-corrected chi connectivity index (χ0v) is 17.3. The first kappa shape index (κ1) is 25.1. The molecule has 11 heteroatoms. The molecule has 2 rings (SSSR count). The van der Waals surface area contributed by atoms with Gasteiger partial charge in [0.15, 0.2) is 18.0 Å². The number of rotatable bonds is 8. The summed E-state index contributed by atoms with van der Waals surface area (Å²) in [6.07, 6.45) is -2.70. The molecule has 2 N–H and O–H groups in total. The molecule has 0 fully saturated rings. The third-order valence-corrected chi connectivity index (χ3v) is 5.08. The average molecular weight is 443 g/mol. The summed E-state index contributed by atoms with van der Waals surface area (Å²) in [7, 11) is -3.24. The molecule has 0 bridgehead atoms. The molecular formula is C19H22FNO8S. The van der Waals surface area contributed by atoms with Gasteiger partial charge in [-0.1, -0.05) is 24.3 Å². The molecule has 0 aliphatic carbocycles. The number of Topliss-reactive ketones (excluding diaryl/α,β-unsaturated/α-hetero) is 1. The summed E-state index contributed by atoms with van der Waals surface area (Å²) >= 11 is 0. The van der Waals surface area contributed by atoms with E-state index in [-0.39, 0.29) is 20.7 Å². The van der Waals surface area contributed by atoms with E-state index in [9.17, 15) is 27.4 Å². The molecule has 2 atom stereocenters. The number of ketones is 1. The van der Waals surface area contributed by atoms with Gasteiger partial charge in [-0.15, -0.1) is 0 Å². The summed E-state index contributed by atoms with van der Waals surface area (Å²) in [5, 5.41) is 3.10. The lowest BCUT2D eigenvalue weighted by molar-refractivity contribution is -0.164. The Labute approximate surface area is 172 Å². The van der Waals surface area contributed by atoms with Crippen LogP contribution in [0, 0.1) is 0 Å². The normalized spacial score (nSPS) is 13.1. The SMILES string of the molecule is COC(C)C(=O)OC(CC(=O)Nc1cccc2cccc(S(=O)(=O)O)c12)C(C)=O.F. The minimum absolute atomic E-state index is 0. The Bertz CT molecular complexity index is 1050. The number of ether oxygens (including phenoxy) is 2. The molecule has 0 saturated carbocycles. The lowest BCUT2D eigenvalue weighted by Crippen LogP contribution is -2.34. The number of carbonyl (C=O) groups excluding carboxylic acids is 3. The van der Waals surface area contributed by atoms with Crippen LogP contribution in [-0.4, -0.2) is 49.9 Å². The number of carbonyl (C=O) groups is 3. The maximum atomic E-state index is 12.5. The van der Waals surface area contributed by atoms with Crippen molar-refractivity contribution in [2.75, 3.05) is 12.4 Å². The van der Waals surface area contributed by atoms with Gasteiger partial charge in [0.1, 0.15) is 4.90 Å². The second-order valence-electron chi connectivity index (χ2n) is 6.30. The van der Waals surface area contributed by atoms with Gasteiger partial charge in [0.25, 0.3) is 10.1 Å². The molecular weight excluding hydrogens is 421 g/mol. The molecule has 0 aliphatic heterocycles. The number of hydrogen-bond donors (Lipinski definition) is 2. The maximum Gasteiger partial charge on any atom is 0.335 e. The van der Waals surface area contributed by atoms with Gasteiger partial charge < -0.3 is 14.8 Å². The summed E-state index contributed by atoms with van der Waals surface area (Å²) in [4.78, 5) is 35.7. The second-order valence-corrected chi connectivity index (χ2v) is 7.69. The van der Waals surface area contributed by atoms with Gasteiger partial charge in [0.2, 0.25) is 5.91 Å². The van der Waals surface area contributed by atoms with Gasteiger partial charge >= 0.3 is 5.97 Å². The molecule has 30 heavy (non-hydrogen) atoms. The van der Waals surface area contributed by atoms with Gasteiger partial charge in [-0.3, -0.25) is 18.8 Å². The number of methoxy groups -OCH3 is 1. The number of benzene rings is 2. The Hall–Kier alpha value is -2.89. The van der Waals surface area contributed by atoms with Crippen LogP contribution in [0.5, 0.6) is 0 Å². The second kappa shape index (κ2) is 10.2. The first-order chi connectivity index (χ1) is 13.5. The fraction of sp³-hybridized carbons (Fsp3) is 0.316. The Balaban J connectivity index is 0.00000450. The van der Waals surface area contributed by atoms with Crippen LogP contribution in [0.3, 0.4) is 0 Å². The molecule has 2 aromatic rings. The lowest BCUT2D eigenvalue weighted by atomic mass is 10.1. The van der Waals surface area contributed by atoms with E-state index in [1.807, 2.05) is 0 Å². The average Bonchev–Trinajstić information content (AvgIpc) is 2.65. The van der Waals surface area contributed by atoms with Crippen molar-refractivity contribution >= 4 is 44.2 Å². The van der Waals surface area contributed by atoms with Gasteiger partial charge in [0.05, 0.1) is 6.42 Å². The number of anilines is 1. The van der Waals surface area contributed by atoms with Crippen molar-refractivity contribution in [1.82, 2.24) is 0 Å². The number of fused-ring (bicyclic) bond motifs is 1. The Morgan fingerprint density at radius 3 is 2.27 bits per heavy atom. The Morgan fingerprint density at radius 1 is 1.13 bits per heavy atom. The third-order valence-electron chi connectivity index (χ3n) is 4.19. The van der Waals surface area contributed by atoms with Crippen molar-refractivity contribution < 1.29 is 41.5 Å². The zero-order valence-electron chi connectivity index (χ0n) is 16.4. The molecule has 164 valence electrons. The summed E-state index contributed by atoms with van der Waals surface area (Å²) in [6, 6.07) is 8.95. The van der Waals surface area contributed by atoms with Crippen molar-refractivity contribution in [1.29, 1.82) is 0 Å². The Kier molecular flexibility index (Phi) is 8.58. The number of nitrogens with one attached hydrogen (secondary N) is 1. The topological polar surface area (TPSA) is 136 Å². The number of halogens is 1. The first-order valence-corrected chi connectivity index (χ1v) is 10.0. The molecule has 0 saturated heterocycles. The molecule has 0 heterocycles. The van der Waals surface area contributed by atoms with Gasteiger partial charge in [0, 0.05) is 18.2 Å². The van der Waals surface area contributed by atoms with E-state index >= 15 is 0 Å². The standard InChI is InChI=1S/C19H21NO8S.FH/c1-11(21)15(28-19(23)12(2)27-3)10-17(22)20-14-8-4-6-13-7-5-9-16(18(13)14)29(24,25)26;/h4-9,12,15H,10H2,1-3H3,(H,20,22)(H,24,25,26);1H. The van der Waals surface area contributed by atoms with Crippen molar-refractivity contribution in [3.63, 3.8) is 0 Å². The van der Waals surface area contributed by atoms with Crippen molar-refractivity contribution in [2.45, 2.75) is 37.4 Å². The molecule has 9 nitrogen and oxygen atoms in total. The van der Waals surface area contributed by atoms with Crippen LogP contribution in [0.1, 0.15) is 20.3 Å². The lowest BCUT2D eigenvalue weighted by Gasteiger charge is -2.18. The van der Waals surface area contributed by atoms with Crippen LogP contribution >= 0.6 is 0 Å². The molecule has 0 aliphatic rings. The van der Waals surface area contributed by atoms with E-state index in [1.54, 1.807) is 18.2 Å². The third kappa shape index (κ3) is 6.05. The Morgan fingerprint density at radius 2 is 1.73 bits per heavy atom. The minimum Gasteiger partial charge on any atom is -0.452 e. The predicted molar refractivity (Wildman–Crippen MR) is 107 cm³/mol.